The Morgan fingerprint density at radius 3 is 2.50 bits per heavy atom. The van der Waals surface area contributed by atoms with Gasteiger partial charge in [-0.1, -0.05) is 54.6 Å². The molecule has 2 heterocycles. The van der Waals surface area contributed by atoms with Gasteiger partial charge in [0.15, 0.2) is 0 Å². The summed E-state index contributed by atoms with van der Waals surface area (Å²) in [4.78, 5) is 2.18. The maximum absolute atomic E-state index is 13.6. The number of hydrogen-bond acceptors (Lipinski definition) is 4. The van der Waals surface area contributed by atoms with Crippen molar-refractivity contribution in [3.63, 3.8) is 0 Å². The molecule has 0 aliphatic carbocycles. The summed E-state index contributed by atoms with van der Waals surface area (Å²) >= 11 is 0. The van der Waals surface area contributed by atoms with Crippen molar-refractivity contribution in [1.82, 2.24) is 4.90 Å². The van der Waals surface area contributed by atoms with E-state index >= 15 is 0 Å². The number of anilines is 1. The predicted octanol–water partition coefficient (Wildman–Crippen LogP) is 3.39. The summed E-state index contributed by atoms with van der Waals surface area (Å²) in [5.41, 5.74) is 1.79. The minimum Gasteiger partial charge on any atom is -0.389 e. The van der Waals surface area contributed by atoms with Crippen molar-refractivity contribution in [2.75, 3.05) is 23.9 Å². The molecule has 5 rings (SSSR count). The molecule has 1 N–H and O–H groups in total. The van der Waals surface area contributed by atoms with Gasteiger partial charge in [-0.05, 0) is 53.9 Å². The average Bonchev–Trinajstić information content (AvgIpc) is 2.95. The van der Waals surface area contributed by atoms with E-state index in [9.17, 15) is 13.5 Å². The van der Waals surface area contributed by atoms with E-state index in [1.165, 1.54) is 15.1 Å². The van der Waals surface area contributed by atoms with Crippen LogP contribution in [-0.2, 0) is 16.6 Å². The topological polar surface area (TPSA) is 60.9 Å². The van der Waals surface area contributed by atoms with Gasteiger partial charge in [0.25, 0.3) is 0 Å². The van der Waals surface area contributed by atoms with Gasteiger partial charge < -0.3 is 5.11 Å². The van der Waals surface area contributed by atoms with Crippen molar-refractivity contribution in [2.45, 2.75) is 30.2 Å². The molecule has 3 aromatic carbocycles. The van der Waals surface area contributed by atoms with Gasteiger partial charge in [-0.3, -0.25) is 9.21 Å². The van der Waals surface area contributed by atoms with Gasteiger partial charge in [0.05, 0.1) is 18.3 Å². The van der Waals surface area contributed by atoms with Crippen LogP contribution >= 0.6 is 0 Å². The van der Waals surface area contributed by atoms with Crippen LogP contribution in [0.5, 0.6) is 0 Å². The van der Waals surface area contributed by atoms with Crippen molar-refractivity contribution in [3.05, 3.63) is 78.4 Å². The fourth-order valence-corrected chi connectivity index (χ4v) is 7.34. The molecular weight excluding hydrogens is 396 g/mol. The SMILES string of the molecule is O=S1(=O)N(c2ccccc2)C[C@H](O)[C@]12CCCN(Cc1ccc3ccccc3c1)C2. The van der Waals surface area contributed by atoms with Crippen LogP contribution in [0.3, 0.4) is 0 Å². The Morgan fingerprint density at radius 2 is 1.70 bits per heavy atom. The Kier molecular flexibility index (Phi) is 4.81. The number of rotatable bonds is 3. The van der Waals surface area contributed by atoms with Crippen molar-refractivity contribution < 1.29 is 13.5 Å². The molecule has 2 atom stereocenters. The van der Waals surface area contributed by atoms with E-state index in [0.29, 0.717) is 25.2 Å². The van der Waals surface area contributed by atoms with Crippen LogP contribution in [0.4, 0.5) is 5.69 Å². The van der Waals surface area contributed by atoms with E-state index in [2.05, 4.69) is 35.2 Å². The standard InChI is InChI=1S/C24H26N2O3S/c27-23-17-26(22-9-2-1-3-10-22)30(28,29)24(23)13-6-14-25(18-24)16-19-11-12-20-7-4-5-8-21(20)15-19/h1-5,7-12,15,23,27H,6,13-14,16-18H2/t23-,24+/m0/s1. The second-order valence-corrected chi connectivity index (χ2v) is 10.7. The lowest BCUT2D eigenvalue weighted by atomic mass is 9.91. The minimum absolute atomic E-state index is 0.121. The van der Waals surface area contributed by atoms with E-state index in [0.717, 1.165) is 18.5 Å². The zero-order valence-corrected chi connectivity index (χ0v) is 17.6. The lowest BCUT2D eigenvalue weighted by molar-refractivity contribution is 0.0800. The quantitative estimate of drug-likeness (QED) is 0.703. The molecule has 0 aromatic heterocycles. The van der Waals surface area contributed by atoms with Crippen LogP contribution in [-0.4, -0.2) is 48.9 Å². The van der Waals surface area contributed by atoms with Crippen LogP contribution in [0.25, 0.3) is 10.8 Å². The first kappa shape index (κ1) is 19.5. The Hall–Kier alpha value is -2.41. The monoisotopic (exact) mass is 422 g/mol. The van der Waals surface area contributed by atoms with E-state index in [-0.39, 0.29) is 6.54 Å². The predicted molar refractivity (Wildman–Crippen MR) is 120 cm³/mol. The first-order valence-corrected chi connectivity index (χ1v) is 11.9. The fourth-order valence-electron chi connectivity index (χ4n) is 5.00. The molecule has 2 fully saturated rings. The maximum atomic E-state index is 13.6. The number of piperidine rings is 1. The zero-order valence-electron chi connectivity index (χ0n) is 16.8. The van der Waals surface area contributed by atoms with Gasteiger partial charge in [0.1, 0.15) is 4.75 Å². The van der Waals surface area contributed by atoms with Gasteiger partial charge in [-0.15, -0.1) is 0 Å². The van der Waals surface area contributed by atoms with Crippen LogP contribution in [0.1, 0.15) is 18.4 Å². The lowest BCUT2D eigenvalue weighted by Crippen LogP contribution is -2.57. The van der Waals surface area contributed by atoms with Gasteiger partial charge in [0, 0.05) is 13.1 Å². The molecule has 1 spiro atoms. The highest BCUT2D eigenvalue weighted by atomic mass is 32.2. The molecule has 0 radical (unpaired) electrons. The molecule has 156 valence electrons. The first-order chi connectivity index (χ1) is 14.5. The normalized spacial score (nSPS) is 26.4. The van der Waals surface area contributed by atoms with E-state index in [1.807, 2.05) is 30.3 Å². The van der Waals surface area contributed by atoms with Gasteiger partial charge >= 0.3 is 0 Å². The van der Waals surface area contributed by atoms with Crippen LogP contribution < -0.4 is 4.31 Å². The van der Waals surface area contributed by atoms with Crippen molar-refractivity contribution >= 4 is 26.5 Å². The van der Waals surface area contributed by atoms with Crippen LogP contribution in [0, 0.1) is 0 Å². The smallest absolute Gasteiger partial charge is 0.244 e. The number of aliphatic hydroxyl groups excluding tert-OH is 1. The number of β-amino-alcohol motifs (C(OH)–C–C–N with tert-alkyl or cyclic N) is 1. The average molecular weight is 423 g/mol. The maximum Gasteiger partial charge on any atom is 0.244 e. The minimum atomic E-state index is -3.67. The second-order valence-electron chi connectivity index (χ2n) is 8.45. The van der Waals surface area contributed by atoms with Crippen LogP contribution in [0.15, 0.2) is 72.8 Å². The zero-order chi connectivity index (χ0) is 20.8. The van der Waals surface area contributed by atoms with Crippen molar-refractivity contribution in [1.29, 1.82) is 0 Å². The highest BCUT2D eigenvalue weighted by molar-refractivity contribution is 7.94. The molecule has 2 saturated heterocycles. The fraction of sp³-hybridized carbons (Fsp3) is 0.333. The van der Waals surface area contributed by atoms with Gasteiger partial charge in [-0.2, -0.15) is 0 Å². The lowest BCUT2D eigenvalue weighted by Gasteiger charge is -2.40. The third-order valence-electron chi connectivity index (χ3n) is 6.58. The summed E-state index contributed by atoms with van der Waals surface area (Å²) in [5, 5.41) is 13.3. The number of nitrogens with zero attached hydrogens (tertiary/aromatic N) is 2. The summed E-state index contributed by atoms with van der Waals surface area (Å²) in [5.74, 6) is 0. The number of hydrogen-bond donors (Lipinski definition) is 1. The first-order valence-electron chi connectivity index (χ1n) is 10.5. The summed E-state index contributed by atoms with van der Waals surface area (Å²) in [6.45, 7) is 1.99. The van der Waals surface area contributed by atoms with Gasteiger partial charge in [0.2, 0.25) is 10.0 Å². The van der Waals surface area contributed by atoms with E-state index in [4.69, 9.17) is 0 Å². The molecule has 2 aliphatic heterocycles. The second kappa shape index (κ2) is 7.38. The number of likely N-dealkylation sites (tertiary alicyclic amines) is 1. The Morgan fingerprint density at radius 1 is 0.967 bits per heavy atom. The molecule has 0 unspecified atom stereocenters. The summed E-state index contributed by atoms with van der Waals surface area (Å²) in [6, 6.07) is 23.7. The Bertz CT molecular complexity index is 1170. The Labute approximate surface area is 177 Å². The molecule has 30 heavy (non-hydrogen) atoms. The van der Waals surface area contributed by atoms with Crippen molar-refractivity contribution in [2.24, 2.45) is 0 Å². The Balaban J connectivity index is 1.42. The largest absolute Gasteiger partial charge is 0.389 e. The molecule has 3 aromatic rings. The molecule has 0 bridgehead atoms. The third-order valence-corrected chi connectivity index (χ3v) is 9.15. The molecule has 0 saturated carbocycles. The van der Waals surface area contributed by atoms with Gasteiger partial charge in [-0.25, -0.2) is 8.42 Å². The van der Waals surface area contributed by atoms with Crippen LogP contribution in [0.2, 0.25) is 0 Å². The van der Waals surface area contributed by atoms with Crippen molar-refractivity contribution in [3.8, 4) is 0 Å². The number of fused-ring (bicyclic) bond motifs is 1. The third kappa shape index (κ3) is 3.11. The number of aliphatic hydroxyl groups is 1. The highest BCUT2D eigenvalue weighted by Gasteiger charge is 2.60. The molecule has 0 amide bonds. The highest BCUT2D eigenvalue weighted by Crippen LogP contribution is 2.42. The van der Waals surface area contributed by atoms with E-state index in [1.54, 1.807) is 12.1 Å². The summed E-state index contributed by atoms with van der Waals surface area (Å²) in [7, 11) is -3.67. The van der Waals surface area contributed by atoms with E-state index < -0.39 is 20.9 Å². The number of para-hydroxylation sites is 1. The molecule has 5 nitrogen and oxygen atoms in total. The molecule has 6 heteroatoms. The molecule has 2 aliphatic rings. The molecular formula is C24H26N2O3S. The summed E-state index contributed by atoms with van der Waals surface area (Å²) < 4.78 is 27.4. The number of benzene rings is 3. The number of sulfonamides is 1. The summed E-state index contributed by atoms with van der Waals surface area (Å²) in [6.07, 6.45) is 0.350.